The van der Waals surface area contributed by atoms with Gasteiger partial charge in [0, 0.05) is 36.7 Å². The van der Waals surface area contributed by atoms with Gasteiger partial charge < -0.3 is 15.4 Å². The van der Waals surface area contributed by atoms with Crippen LogP contribution in [0.15, 0.2) is 60.8 Å². The van der Waals surface area contributed by atoms with Crippen LogP contribution in [0.2, 0.25) is 0 Å². The van der Waals surface area contributed by atoms with Gasteiger partial charge in [0.2, 0.25) is 0 Å². The lowest BCUT2D eigenvalue weighted by Gasteiger charge is -2.31. The molecule has 5 rings (SSSR count). The number of nitrogens with zero attached hydrogens (tertiary/aromatic N) is 2. The first-order valence-corrected chi connectivity index (χ1v) is 11.4. The van der Waals surface area contributed by atoms with Crippen LogP contribution in [-0.4, -0.2) is 24.2 Å². The van der Waals surface area contributed by atoms with Crippen molar-refractivity contribution in [2.45, 2.75) is 37.3 Å². The van der Waals surface area contributed by atoms with Gasteiger partial charge in [-0.05, 0) is 66.8 Å². The Morgan fingerprint density at radius 2 is 1.91 bits per heavy atom. The molecule has 2 aliphatic rings. The predicted octanol–water partition coefficient (Wildman–Crippen LogP) is 5.15. The summed E-state index contributed by atoms with van der Waals surface area (Å²) in [5.74, 6) is 0.330. The molecule has 1 aromatic heterocycles. The fourth-order valence-corrected chi connectivity index (χ4v) is 5.22. The summed E-state index contributed by atoms with van der Waals surface area (Å²) in [4.78, 5) is 4.41. The number of nitrogens with one attached hydrogen (secondary N) is 2. The van der Waals surface area contributed by atoms with Crippen molar-refractivity contribution in [2.75, 3.05) is 19.0 Å². The SMILES string of the molecule is COc1cccc(CNCC2(C3(Nc4ccc(C#N)cn4)CC3c3cc(F)cc(F)c3)CC2)c1. The number of hydrogen-bond acceptors (Lipinski definition) is 5. The van der Waals surface area contributed by atoms with E-state index in [1.165, 1.54) is 18.3 Å². The zero-order chi connectivity index (χ0) is 23.8. The van der Waals surface area contributed by atoms with Crippen LogP contribution < -0.4 is 15.4 Å². The molecule has 2 unspecified atom stereocenters. The first-order chi connectivity index (χ1) is 16.5. The minimum absolute atomic E-state index is 0.0312. The number of halogens is 2. The van der Waals surface area contributed by atoms with Crippen LogP contribution in [-0.2, 0) is 6.54 Å². The number of methoxy groups -OCH3 is 1. The highest BCUT2D eigenvalue weighted by Gasteiger charge is 2.71. The molecule has 2 aromatic carbocycles. The summed E-state index contributed by atoms with van der Waals surface area (Å²) in [6.07, 6.45) is 4.32. The minimum Gasteiger partial charge on any atom is -0.497 e. The number of pyridine rings is 1. The van der Waals surface area contributed by atoms with Gasteiger partial charge in [0.1, 0.15) is 29.3 Å². The second-order valence-electron chi connectivity index (χ2n) is 9.34. The van der Waals surface area contributed by atoms with Crippen LogP contribution in [0, 0.1) is 28.4 Å². The largest absolute Gasteiger partial charge is 0.497 e. The number of aromatic nitrogens is 1. The average Bonchev–Trinajstić information content (AvgIpc) is 3.75. The fourth-order valence-electron chi connectivity index (χ4n) is 5.22. The number of ether oxygens (including phenoxy) is 1. The quantitative estimate of drug-likeness (QED) is 0.462. The van der Waals surface area contributed by atoms with Gasteiger partial charge in [-0.2, -0.15) is 5.26 Å². The summed E-state index contributed by atoms with van der Waals surface area (Å²) < 4.78 is 33.4. The van der Waals surface area contributed by atoms with Crippen LogP contribution >= 0.6 is 0 Å². The molecular weight excluding hydrogens is 434 g/mol. The molecule has 0 bridgehead atoms. The molecule has 2 saturated carbocycles. The molecule has 2 atom stereocenters. The molecule has 0 aliphatic heterocycles. The van der Waals surface area contributed by atoms with Gasteiger partial charge in [0.15, 0.2) is 0 Å². The molecule has 0 spiro atoms. The van der Waals surface area contributed by atoms with Gasteiger partial charge in [-0.1, -0.05) is 12.1 Å². The van der Waals surface area contributed by atoms with E-state index in [1.54, 1.807) is 19.2 Å². The Morgan fingerprint density at radius 3 is 2.56 bits per heavy atom. The molecule has 7 heteroatoms. The lowest BCUT2D eigenvalue weighted by atomic mass is 9.88. The Morgan fingerprint density at radius 1 is 1.12 bits per heavy atom. The lowest BCUT2D eigenvalue weighted by molar-refractivity contribution is 0.366. The van der Waals surface area contributed by atoms with Crippen molar-refractivity contribution in [3.8, 4) is 11.8 Å². The molecule has 0 radical (unpaired) electrons. The van der Waals surface area contributed by atoms with Crippen LogP contribution in [0.5, 0.6) is 5.75 Å². The Bertz CT molecular complexity index is 1220. The Balaban J connectivity index is 1.38. The number of rotatable bonds is 9. The van der Waals surface area contributed by atoms with Crippen molar-refractivity contribution < 1.29 is 13.5 Å². The number of anilines is 1. The van der Waals surface area contributed by atoms with Crippen molar-refractivity contribution in [3.63, 3.8) is 0 Å². The number of hydrogen-bond donors (Lipinski definition) is 2. The number of benzene rings is 2. The molecular formula is C27H26F2N4O. The van der Waals surface area contributed by atoms with Gasteiger partial charge in [-0.25, -0.2) is 13.8 Å². The van der Waals surface area contributed by atoms with E-state index in [0.717, 1.165) is 43.2 Å². The van der Waals surface area contributed by atoms with Gasteiger partial charge in [0.25, 0.3) is 0 Å². The van der Waals surface area contributed by atoms with E-state index in [-0.39, 0.29) is 16.9 Å². The van der Waals surface area contributed by atoms with Crippen LogP contribution in [0.25, 0.3) is 0 Å². The van der Waals surface area contributed by atoms with E-state index >= 15 is 0 Å². The van der Waals surface area contributed by atoms with Gasteiger partial charge in [-0.15, -0.1) is 0 Å². The van der Waals surface area contributed by atoms with Crippen LogP contribution in [0.3, 0.4) is 0 Å². The zero-order valence-electron chi connectivity index (χ0n) is 18.9. The Kier molecular flexibility index (Phi) is 5.70. The molecule has 2 fully saturated rings. The van der Waals surface area contributed by atoms with Crippen LogP contribution in [0.4, 0.5) is 14.6 Å². The van der Waals surface area contributed by atoms with E-state index in [1.807, 2.05) is 18.2 Å². The molecule has 2 N–H and O–H groups in total. The van der Waals surface area contributed by atoms with Crippen LogP contribution in [0.1, 0.15) is 41.9 Å². The maximum absolute atomic E-state index is 14.0. The monoisotopic (exact) mass is 460 g/mol. The topological polar surface area (TPSA) is 70.0 Å². The maximum atomic E-state index is 14.0. The average molecular weight is 461 g/mol. The van der Waals surface area contributed by atoms with Crippen molar-refractivity contribution in [1.82, 2.24) is 10.3 Å². The molecule has 3 aromatic rings. The summed E-state index contributed by atoms with van der Waals surface area (Å²) in [7, 11) is 1.65. The summed E-state index contributed by atoms with van der Waals surface area (Å²) >= 11 is 0. The minimum atomic E-state index is -0.562. The first kappa shape index (κ1) is 22.3. The highest BCUT2D eigenvalue weighted by molar-refractivity contribution is 5.52. The van der Waals surface area contributed by atoms with Crippen molar-refractivity contribution in [2.24, 2.45) is 5.41 Å². The maximum Gasteiger partial charge on any atom is 0.126 e. The highest BCUT2D eigenvalue weighted by Crippen LogP contribution is 2.71. The van der Waals surface area contributed by atoms with Gasteiger partial charge in [0.05, 0.1) is 18.2 Å². The van der Waals surface area contributed by atoms with E-state index in [0.29, 0.717) is 23.5 Å². The lowest BCUT2D eigenvalue weighted by Crippen LogP contribution is -2.41. The van der Waals surface area contributed by atoms with Crippen molar-refractivity contribution in [1.29, 1.82) is 5.26 Å². The molecule has 1 heterocycles. The third-order valence-electron chi connectivity index (χ3n) is 7.22. The van der Waals surface area contributed by atoms with Crippen molar-refractivity contribution >= 4 is 5.82 Å². The molecule has 0 saturated heterocycles. The second-order valence-corrected chi connectivity index (χ2v) is 9.34. The third-order valence-corrected chi connectivity index (χ3v) is 7.22. The predicted molar refractivity (Wildman–Crippen MR) is 125 cm³/mol. The molecule has 0 amide bonds. The highest BCUT2D eigenvalue weighted by atomic mass is 19.1. The Hall–Kier alpha value is -3.50. The van der Waals surface area contributed by atoms with Gasteiger partial charge in [-0.3, -0.25) is 0 Å². The molecule has 174 valence electrons. The third kappa shape index (κ3) is 4.22. The molecule has 34 heavy (non-hydrogen) atoms. The van der Waals surface area contributed by atoms with E-state index in [2.05, 4.69) is 27.8 Å². The molecule has 2 aliphatic carbocycles. The first-order valence-electron chi connectivity index (χ1n) is 11.4. The van der Waals surface area contributed by atoms with E-state index in [9.17, 15) is 8.78 Å². The normalized spacial score (nSPS) is 22.0. The van der Waals surface area contributed by atoms with E-state index < -0.39 is 11.6 Å². The van der Waals surface area contributed by atoms with Gasteiger partial charge >= 0.3 is 0 Å². The smallest absolute Gasteiger partial charge is 0.126 e. The summed E-state index contributed by atoms with van der Waals surface area (Å²) in [5, 5.41) is 16.3. The summed E-state index contributed by atoms with van der Waals surface area (Å²) in [6, 6.07) is 17.3. The zero-order valence-corrected chi connectivity index (χ0v) is 18.9. The fraction of sp³-hybridized carbons (Fsp3) is 0.333. The second kappa shape index (κ2) is 8.69. The standard InChI is InChI=1S/C27H26F2N4O/c1-34-23-4-2-3-18(9-23)15-31-17-26(7-8-26)27(33-25-6-5-19(14-30)16-32-25)13-24(27)20-10-21(28)12-22(29)11-20/h2-6,9-12,16,24,31H,7-8,13,15,17H2,1H3,(H,32,33). The van der Waals surface area contributed by atoms with Crippen molar-refractivity contribution in [3.05, 3.63) is 89.1 Å². The van der Waals surface area contributed by atoms with E-state index in [4.69, 9.17) is 10.00 Å². The summed E-state index contributed by atoms with van der Waals surface area (Å²) in [5.41, 5.74) is 1.86. The number of nitriles is 1. The Labute approximate surface area is 197 Å². The summed E-state index contributed by atoms with van der Waals surface area (Å²) in [6.45, 7) is 1.46. The molecule has 5 nitrogen and oxygen atoms in total.